The van der Waals surface area contributed by atoms with Crippen molar-refractivity contribution in [3.63, 3.8) is 0 Å². The highest BCUT2D eigenvalue weighted by molar-refractivity contribution is 5.87. The standard InChI is InChI=1S/C15H20FNO2/c1-10-5-6-17(8-11(10)2)9-12-3-4-13(15(18)19)14(16)7-12/h3-4,7,10-11H,5-6,8-9H2,1-2H3,(H,18,19). The molecule has 2 unspecified atom stereocenters. The molecule has 0 radical (unpaired) electrons. The van der Waals surface area contributed by atoms with Crippen LogP contribution in [0.2, 0.25) is 0 Å². The number of aromatic carboxylic acids is 1. The van der Waals surface area contributed by atoms with Gasteiger partial charge in [-0.1, -0.05) is 19.9 Å². The van der Waals surface area contributed by atoms with E-state index >= 15 is 0 Å². The van der Waals surface area contributed by atoms with Crippen molar-refractivity contribution in [1.82, 2.24) is 4.90 Å². The second kappa shape index (κ2) is 5.70. The molecule has 1 aliphatic heterocycles. The van der Waals surface area contributed by atoms with Crippen LogP contribution < -0.4 is 0 Å². The molecule has 0 spiro atoms. The molecular formula is C15H20FNO2. The number of hydrogen-bond acceptors (Lipinski definition) is 2. The van der Waals surface area contributed by atoms with Crippen LogP contribution in [0.25, 0.3) is 0 Å². The number of benzene rings is 1. The van der Waals surface area contributed by atoms with E-state index in [1.807, 2.05) is 0 Å². The van der Waals surface area contributed by atoms with Gasteiger partial charge in [-0.15, -0.1) is 0 Å². The summed E-state index contributed by atoms with van der Waals surface area (Å²) in [6.45, 7) is 7.24. The van der Waals surface area contributed by atoms with E-state index in [0.29, 0.717) is 12.5 Å². The fourth-order valence-corrected chi connectivity index (χ4v) is 2.58. The van der Waals surface area contributed by atoms with E-state index in [9.17, 15) is 9.18 Å². The number of halogens is 1. The van der Waals surface area contributed by atoms with Crippen molar-refractivity contribution in [3.8, 4) is 0 Å². The molecule has 0 bridgehead atoms. The molecule has 1 aliphatic rings. The van der Waals surface area contributed by atoms with Crippen molar-refractivity contribution in [1.29, 1.82) is 0 Å². The lowest BCUT2D eigenvalue weighted by Gasteiger charge is -2.35. The third-order valence-corrected chi connectivity index (χ3v) is 4.09. The largest absolute Gasteiger partial charge is 0.478 e. The summed E-state index contributed by atoms with van der Waals surface area (Å²) in [4.78, 5) is 13.1. The first-order chi connectivity index (χ1) is 8.97. The van der Waals surface area contributed by atoms with Gasteiger partial charge in [-0.2, -0.15) is 0 Å². The van der Waals surface area contributed by atoms with Gasteiger partial charge in [0.05, 0.1) is 5.56 Å². The van der Waals surface area contributed by atoms with Crippen LogP contribution in [0.1, 0.15) is 36.2 Å². The SMILES string of the molecule is CC1CCN(Cc2ccc(C(=O)O)c(F)c2)CC1C. The highest BCUT2D eigenvalue weighted by Gasteiger charge is 2.22. The summed E-state index contributed by atoms with van der Waals surface area (Å²) >= 11 is 0. The molecule has 4 heteroatoms. The van der Waals surface area contributed by atoms with Crippen LogP contribution >= 0.6 is 0 Å². The van der Waals surface area contributed by atoms with Crippen molar-refractivity contribution < 1.29 is 14.3 Å². The van der Waals surface area contributed by atoms with Gasteiger partial charge in [0.25, 0.3) is 0 Å². The fraction of sp³-hybridized carbons (Fsp3) is 0.533. The molecule has 1 aromatic rings. The van der Waals surface area contributed by atoms with E-state index in [1.54, 1.807) is 6.07 Å². The predicted octanol–water partition coefficient (Wildman–Crippen LogP) is 3.00. The Bertz CT molecular complexity index is 475. The Kier molecular flexibility index (Phi) is 4.20. The maximum atomic E-state index is 13.6. The first-order valence-corrected chi connectivity index (χ1v) is 6.71. The summed E-state index contributed by atoms with van der Waals surface area (Å²) in [7, 11) is 0. The Morgan fingerprint density at radius 3 is 2.74 bits per heavy atom. The average molecular weight is 265 g/mol. The molecule has 1 heterocycles. The maximum absolute atomic E-state index is 13.6. The van der Waals surface area contributed by atoms with Crippen molar-refractivity contribution in [2.75, 3.05) is 13.1 Å². The molecule has 0 aromatic heterocycles. The number of hydrogen-bond donors (Lipinski definition) is 1. The molecule has 0 amide bonds. The Labute approximate surface area is 113 Å². The number of likely N-dealkylation sites (tertiary alicyclic amines) is 1. The second-order valence-electron chi connectivity index (χ2n) is 5.60. The van der Waals surface area contributed by atoms with Gasteiger partial charge in [0, 0.05) is 13.1 Å². The van der Waals surface area contributed by atoms with Crippen molar-refractivity contribution in [3.05, 3.63) is 35.1 Å². The van der Waals surface area contributed by atoms with Crippen molar-refractivity contribution in [2.24, 2.45) is 11.8 Å². The van der Waals surface area contributed by atoms with E-state index in [0.717, 1.165) is 31.0 Å². The first-order valence-electron chi connectivity index (χ1n) is 6.71. The molecule has 1 aromatic carbocycles. The molecule has 0 aliphatic carbocycles. The van der Waals surface area contributed by atoms with Gasteiger partial charge >= 0.3 is 5.97 Å². The van der Waals surface area contributed by atoms with Crippen LogP contribution in [-0.2, 0) is 6.54 Å². The van der Waals surface area contributed by atoms with Crippen LogP contribution in [0.3, 0.4) is 0 Å². The van der Waals surface area contributed by atoms with Crippen molar-refractivity contribution in [2.45, 2.75) is 26.8 Å². The Morgan fingerprint density at radius 1 is 1.42 bits per heavy atom. The zero-order valence-corrected chi connectivity index (χ0v) is 11.4. The zero-order valence-electron chi connectivity index (χ0n) is 11.4. The Morgan fingerprint density at radius 2 is 2.16 bits per heavy atom. The minimum absolute atomic E-state index is 0.260. The van der Waals surface area contributed by atoms with Gasteiger partial charge in [0.2, 0.25) is 0 Å². The summed E-state index contributed by atoms with van der Waals surface area (Å²) in [5.74, 6) is -0.479. The van der Waals surface area contributed by atoms with E-state index in [2.05, 4.69) is 18.7 Å². The summed E-state index contributed by atoms with van der Waals surface area (Å²) in [5, 5.41) is 8.79. The lowest BCUT2D eigenvalue weighted by Crippen LogP contribution is -2.37. The average Bonchev–Trinajstić information content (AvgIpc) is 2.33. The predicted molar refractivity (Wildman–Crippen MR) is 71.6 cm³/mol. The third kappa shape index (κ3) is 3.32. The van der Waals surface area contributed by atoms with Crippen LogP contribution in [0.4, 0.5) is 4.39 Å². The monoisotopic (exact) mass is 265 g/mol. The summed E-state index contributed by atoms with van der Waals surface area (Å²) in [6.07, 6.45) is 1.16. The molecule has 2 atom stereocenters. The summed E-state index contributed by atoms with van der Waals surface area (Å²) in [5.41, 5.74) is 0.577. The highest BCUT2D eigenvalue weighted by atomic mass is 19.1. The van der Waals surface area contributed by atoms with Gasteiger partial charge in [-0.3, -0.25) is 4.90 Å². The molecule has 1 saturated heterocycles. The lowest BCUT2D eigenvalue weighted by atomic mass is 9.88. The maximum Gasteiger partial charge on any atom is 0.338 e. The van der Waals surface area contributed by atoms with E-state index < -0.39 is 11.8 Å². The number of carboxylic acid groups (broad SMARTS) is 1. The van der Waals surface area contributed by atoms with E-state index in [1.165, 1.54) is 12.1 Å². The number of piperidine rings is 1. The first kappa shape index (κ1) is 14.0. The smallest absolute Gasteiger partial charge is 0.338 e. The normalized spacial score (nSPS) is 24.4. The molecular weight excluding hydrogens is 245 g/mol. The van der Waals surface area contributed by atoms with Crippen molar-refractivity contribution >= 4 is 5.97 Å². The number of nitrogens with zero attached hydrogens (tertiary/aromatic N) is 1. The van der Waals surface area contributed by atoms with Gasteiger partial charge < -0.3 is 5.11 Å². The Hall–Kier alpha value is -1.42. The van der Waals surface area contributed by atoms with Gasteiger partial charge in [0.1, 0.15) is 5.82 Å². The fourth-order valence-electron chi connectivity index (χ4n) is 2.58. The van der Waals surface area contributed by atoms with Crippen LogP contribution in [-0.4, -0.2) is 29.1 Å². The minimum Gasteiger partial charge on any atom is -0.478 e. The topological polar surface area (TPSA) is 40.5 Å². The molecule has 1 fully saturated rings. The van der Waals surface area contributed by atoms with E-state index in [-0.39, 0.29) is 5.56 Å². The molecule has 2 rings (SSSR count). The quantitative estimate of drug-likeness (QED) is 0.913. The van der Waals surface area contributed by atoms with Gasteiger partial charge in [0.15, 0.2) is 0 Å². The molecule has 3 nitrogen and oxygen atoms in total. The number of rotatable bonds is 3. The molecule has 1 N–H and O–H groups in total. The Balaban J connectivity index is 2.04. The van der Waals surface area contributed by atoms with Crippen LogP contribution in [0.5, 0.6) is 0 Å². The summed E-state index contributed by atoms with van der Waals surface area (Å²) in [6, 6.07) is 4.39. The van der Waals surface area contributed by atoms with Crippen LogP contribution in [0, 0.1) is 17.7 Å². The number of carbonyl (C=O) groups is 1. The van der Waals surface area contributed by atoms with Crippen LogP contribution in [0.15, 0.2) is 18.2 Å². The zero-order chi connectivity index (χ0) is 14.0. The number of carboxylic acids is 1. The lowest BCUT2D eigenvalue weighted by molar-refractivity contribution is 0.0692. The third-order valence-electron chi connectivity index (χ3n) is 4.09. The van der Waals surface area contributed by atoms with E-state index in [4.69, 9.17) is 5.11 Å². The molecule has 0 saturated carbocycles. The second-order valence-corrected chi connectivity index (χ2v) is 5.60. The highest BCUT2D eigenvalue weighted by Crippen LogP contribution is 2.24. The van der Waals surface area contributed by atoms with Gasteiger partial charge in [-0.05, 0) is 42.5 Å². The molecule has 19 heavy (non-hydrogen) atoms. The summed E-state index contributed by atoms with van der Waals surface area (Å²) < 4.78 is 13.6. The molecule has 104 valence electrons. The minimum atomic E-state index is -1.22. The van der Waals surface area contributed by atoms with Gasteiger partial charge in [-0.25, -0.2) is 9.18 Å².